The molecule has 0 aromatic heterocycles. The third kappa shape index (κ3) is 15.5. The molecule has 0 aliphatic heterocycles. The van der Waals surface area contributed by atoms with E-state index in [2.05, 4.69) is 19.2 Å². The van der Waals surface area contributed by atoms with E-state index in [4.69, 9.17) is 4.74 Å². The van der Waals surface area contributed by atoms with Gasteiger partial charge < -0.3 is 14.6 Å². The van der Waals surface area contributed by atoms with Crippen LogP contribution < -0.4 is 5.32 Å². The lowest BCUT2D eigenvalue weighted by molar-refractivity contribution is -0.147. The lowest BCUT2D eigenvalue weighted by atomic mass is 10.0. The van der Waals surface area contributed by atoms with E-state index >= 15 is 0 Å². The van der Waals surface area contributed by atoms with Crippen LogP contribution in [0.2, 0.25) is 0 Å². The van der Waals surface area contributed by atoms with Crippen LogP contribution in [0.1, 0.15) is 52.9 Å². The molecule has 154 valence electrons. The quantitative estimate of drug-likeness (QED) is 0.250. The number of hydrogen-bond donors (Lipinski definition) is 1. The Labute approximate surface area is 161 Å². The molecule has 7 nitrogen and oxygen atoms in total. The molecular weight excluding hydrogens is 378 g/mol. The minimum Gasteiger partial charge on any atom is -0.748 e. The summed E-state index contributed by atoms with van der Waals surface area (Å²) in [5.41, 5.74) is 0. The van der Waals surface area contributed by atoms with Gasteiger partial charge in [0.05, 0.1) is 22.6 Å². The Hall–Kier alpha value is -0.800. The molecule has 2 atom stereocenters. The third-order valence-electron chi connectivity index (χ3n) is 3.92. The lowest BCUT2D eigenvalue weighted by Crippen LogP contribution is -2.25. The number of esters is 1. The molecule has 0 aromatic carbocycles. The van der Waals surface area contributed by atoms with Gasteiger partial charge in [0.1, 0.15) is 0 Å². The van der Waals surface area contributed by atoms with Crippen LogP contribution in [0.4, 0.5) is 0 Å². The molecule has 0 fully saturated rings. The van der Waals surface area contributed by atoms with Crippen LogP contribution >= 0.6 is 11.8 Å². The summed E-state index contributed by atoms with van der Waals surface area (Å²) in [6, 6.07) is 0. The predicted octanol–water partition coefficient (Wildman–Crippen LogP) is 2.17. The molecule has 1 N–H and O–H groups in total. The molecule has 9 heteroatoms. The number of thioether (sulfide) groups is 1. The first-order chi connectivity index (χ1) is 12.2. The van der Waals surface area contributed by atoms with Crippen LogP contribution in [0.25, 0.3) is 0 Å². The molecule has 0 aliphatic carbocycles. The van der Waals surface area contributed by atoms with Gasteiger partial charge in [-0.2, -0.15) is 11.8 Å². The summed E-state index contributed by atoms with van der Waals surface area (Å²) >= 11 is 1.50. The number of carbonyl (C=O) groups excluding carboxylic acids is 2. The molecule has 0 aliphatic rings. The molecule has 0 saturated carbocycles. The highest BCUT2D eigenvalue weighted by molar-refractivity contribution is 7.99. The Morgan fingerprint density at radius 2 is 1.92 bits per heavy atom. The van der Waals surface area contributed by atoms with Gasteiger partial charge in [0, 0.05) is 30.2 Å². The minimum absolute atomic E-state index is 0.00857. The molecule has 0 spiro atoms. The fourth-order valence-electron chi connectivity index (χ4n) is 2.01. The first kappa shape index (κ1) is 25.2. The number of nitrogens with one attached hydrogen (secondary N) is 1. The highest BCUT2D eigenvalue weighted by Gasteiger charge is 2.14. The minimum atomic E-state index is -4.27. The van der Waals surface area contributed by atoms with Crippen LogP contribution in [0.3, 0.4) is 0 Å². The molecule has 0 bridgehead atoms. The molecule has 0 aromatic rings. The van der Waals surface area contributed by atoms with Gasteiger partial charge in [0.2, 0.25) is 5.91 Å². The van der Waals surface area contributed by atoms with Crippen LogP contribution in [0.15, 0.2) is 0 Å². The molecule has 0 rings (SSSR count). The van der Waals surface area contributed by atoms with E-state index in [9.17, 15) is 22.6 Å². The molecule has 0 radical (unpaired) electrons. The van der Waals surface area contributed by atoms with Crippen molar-refractivity contribution < 1.29 is 27.3 Å². The van der Waals surface area contributed by atoms with Crippen molar-refractivity contribution in [3.8, 4) is 0 Å². The fraction of sp³-hybridized carbons (Fsp3) is 0.882. The summed E-state index contributed by atoms with van der Waals surface area (Å²) in [7, 11) is -4.27. The average Bonchev–Trinajstić information content (AvgIpc) is 2.57. The normalized spacial score (nSPS) is 13.8. The van der Waals surface area contributed by atoms with Gasteiger partial charge in [0.15, 0.2) is 0 Å². The zero-order valence-electron chi connectivity index (χ0n) is 16.0. The fourth-order valence-corrected chi connectivity index (χ4v) is 3.47. The molecule has 26 heavy (non-hydrogen) atoms. The second-order valence-electron chi connectivity index (χ2n) is 6.51. The van der Waals surface area contributed by atoms with Gasteiger partial charge >= 0.3 is 5.97 Å². The monoisotopic (exact) mass is 410 g/mol. The van der Waals surface area contributed by atoms with Gasteiger partial charge in [-0.3, -0.25) is 9.59 Å². The maximum absolute atomic E-state index is 11.7. The molecule has 0 heterocycles. The molecular formula is C17H32NO6S2-. The van der Waals surface area contributed by atoms with Crippen molar-refractivity contribution in [1.82, 2.24) is 5.32 Å². The first-order valence-corrected chi connectivity index (χ1v) is 11.8. The van der Waals surface area contributed by atoms with Crippen molar-refractivity contribution >= 4 is 33.8 Å². The van der Waals surface area contributed by atoms with Gasteiger partial charge in [0.25, 0.3) is 0 Å². The van der Waals surface area contributed by atoms with Crippen LogP contribution in [-0.2, 0) is 24.4 Å². The second-order valence-corrected chi connectivity index (χ2v) is 9.19. The number of ether oxygens (including phenoxy) is 1. The average molecular weight is 411 g/mol. The van der Waals surface area contributed by atoms with Crippen molar-refractivity contribution in [3.63, 3.8) is 0 Å². The number of carbonyl (C=O) groups is 2. The number of rotatable bonds is 15. The highest BCUT2D eigenvalue weighted by Crippen LogP contribution is 2.12. The van der Waals surface area contributed by atoms with E-state index in [1.54, 1.807) is 6.92 Å². The Morgan fingerprint density at radius 1 is 1.23 bits per heavy atom. The van der Waals surface area contributed by atoms with E-state index in [0.717, 1.165) is 19.3 Å². The lowest BCUT2D eigenvalue weighted by Gasteiger charge is -2.12. The van der Waals surface area contributed by atoms with E-state index in [1.807, 2.05) is 0 Å². The molecule has 0 saturated heterocycles. The Kier molecular flexibility index (Phi) is 13.8. The standard InChI is InChI=1S/C17H33NO6S2/c1-4-14(2)7-5-9-18-16(19)8-11-25-13-15(3)17(20)24-10-6-12-26(21,22)23/h14-15H,4-13H2,1-3H3,(H,18,19)(H,21,22,23)/p-1. The van der Waals surface area contributed by atoms with Crippen LogP contribution in [0, 0.1) is 11.8 Å². The largest absolute Gasteiger partial charge is 0.748 e. The van der Waals surface area contributed by atoms with Gasteiger partial charge in [-0.25, -0.2) is 8.42 Å². The van der Waals surface area contributed by atoms with Crippen molar-refractivity contribution in [3.05, 3.63) is 0 Å². The van der Waals surface area contributed by atoms with Crippen molar-refractivity contribution in [2.75, 3.05) is 30.4 Å². The summed E-state index contributed by atoms with van der Waals surface area (Å²) < 4.78 is 36.2. The number of hydrogen-bond acceptors (Lipinski definition) is 7. The predicted molar refractivity (Wildman–Crippen MR) is 103 cm³/mol. The van der Waals surface area contributed by atoms with Gasteiger partial charge in [-0.05, 0) is 25.2 Å². The Morgan fingerprint density at radius 3 is 2.54 bits per heavy atom. The summed E-state index contributed by atoms with van der Waals surface area (Å²) in [6.07, 6.45) is 3.69. The second kappa shape index (κ2) is 14.3. The number of amides is 1. The van der Waals surface area contributed by atoms with Gasteiger partial charge in [-0.15, -0.1) is 0 Å². The van der Waals surface area contributed by atoms with E-state index in [1.165, 1.54) is 11.8 Å². The maximum atomic E-state index is 11.7. The summed E-state index contributed by atoms with van der Waals surface area (Å²) in [5.74, 6) is 0.570. The maximum Gasteiger partial charge on any atom is 0.309 e. The summed E-state index contributed by atoms with van der Waals surface area (Å²) in [4.78, 5) is 23.4. The third-order valence-corrected chi connectivity index (χ3v) is 5.94. The zero-order chi connectivity index (χ0) is 20.0. The van der Waals surface area contributed by atoms with Crippen LogP contribution in [0.5, 0.6) is 0 Å². The van der Waals surface area contributed by atoms with Crippen molar-refractivity contribution in [1.29, 1.82) is 0 Å². The molecule has 2 unspecified atom stereocenters. The van der Waals surface area contributed by atoms with Crippen molar-refractivity contribution in [2.24, 2.45) is 11.8 Å². The zero-order valence-corrected chi connectivity index (χ0v) is 17.6. The summed E-state index contributed by atoms with van der Waals surface area (Å²) in [5, 5.41) is 2.90. The van der Waals surface area contributed by atoms with E-state index in [0.29, 0.717) is 30.4 Å². The van der Waals surface area contributed by atoms with E-state index in [-0.39, 0.29) is 24.9 Å². The smallest absolute Gasteiger partial charge is 0.309 e. The Bertz CT molecular complexity index is 509. The summed E-state index contributed by atoms with van der Waals surface area (Å²) in [6.45, 7) is 6.71. The van der Waals surface area contributed by atoms with E-state index < -0.39 is 21.8 Å². The Balaban J connectivity index is 3.66. The van der Waals surface area contributed by atoms with Crippen LogP contribution in [-0.4, -0.2) is 55.3 Å². The SMILES string of the molecule is CCC(C)CCCNC(=O)CCSCC(C)C(=O)OCCCS(=O)(=O)[O-]. The van der Waals surface area contributed by atoms with Crippen molar-refractivity contribution in [2.45, 2.75) is 52.9 Å². The topological polar surface area (TPSA) is 113 Å². The van der Waals surface area contributed by atoms with Gasteiger partial charge in [-0.1, -0.05) is 27.2 Å². The highest BCUT2D eigenvalue weighted by atomic mass is 32.2. The molecule has 1 amide bonds. The first-order valence-electron chi connectivity index (χ1n) is 9.10.